The summed E-state index contributed by atoms with van der Waals surface area (Å²) in [5.41, 5.74) is 3.62. The van der Waals surface area contributed by atoms with Crippen LogP contribution >= 0.6 is 0 Å². The Morgan fingerprint density at radius 1 is 1.18 bits per heavy atom. The fourth-order valence-electron chi connectivity index (χ4n) is 3.16. The van der Waals surface area contributed by atoms with E-state index in [9.17, 15) is 4.79 Å². The zero-order valence-electron chi connectivity index (χ0n) is 16.4. The number of carbonyl (C=O) groups is 1. The zero-order valence-corrected chi connectivity index (χ0v) is 16.4. The van der Waals surface area contributed by atoms with Crippen molar-refractivity contribution in [1.29, 1.82) is 0 Å². The summed E-state index contributed by atoms with van der Waals surface area (Å²) in [5, 5.41) is 12.2. The molecule has 1 aliphatic carbocycles. The second-order valence-corrected chi connectivity index (χ2v) is 7.07. The molecule has 142 valence electrons. The molecule has 1 aliphatic rings. The molecule has 3 heterocycles. The van der Waals surface area contributed by atoms with E-state index in [0.29, 0.717) is 5.82 Å². The molecule has 3 aromatic rings. The van der Waals surface area contributed by atoms with E-state index in [1.54, 1.807) is 12.4 Å². The van der Waals surface area contributed by atoms with E-state index < -0.39 is 0 Å². The topological polar surface area (TPSA) is 84.7 Å². The number of hydrogen-bond donors (Lipinski definition) is 2. The van der Waals surface area contributed by atoms with Crippen LogP contribution in [0, 0.1) is 31.6 Å². The van der Waals surface area contributed by atoms with Crippen LogP contribution < -0.4 is 10.6 Å². The van der Waals surface area contributed by atoms with Gasteiger partial charge in [-0.1, -0.05) is 11.8 Å². The maximum Gasteiger partial charge on any atom is 0.228 e. The molecule has 4 rings (SSSR count). The molecule has 0 unspecified atom stereocenters. The highest BCUT2D eigenvalue weighted by atomic mass is 16.2. The quantitative estimate of drug-likeness (QED) is 0.689. The maximum absolute atomic E-state index is 12.1. The first-order valence-electron chi connectivity index (χ1n) is 9.27. The number of hydrogen-bond acceptors (Lipinski definition) is 5. The Balaban J connectivity index is 1.79. The lowest BCUT2D eigenvalue weighted by Gasteiger charge is -2.09. The van der Waals surface area contributed by atoms with Crippen molar-refractivity contribution < 1.29 is 4.79 Å². The second-order valence-electron chi connectivity index (χ2n) is 7.07. The molecular formula is C21H22N6O. The van der Waals surface area contributed by atoms with Gasteiger partial charge in [-0.2, -0.15) is 5.10 Å². The second kappa shape index (κ2) is 6.97. The normalized spacial score (nSPS) is 13.1. The number of aromatic nitrogens is 4. The number of nitrogens with one attached hydrogen (secondary N) is 2. The van der Waals surface area contributed by atoms with Gasteiger partial charge in [-0.15, -0.1) is 0 Å². The van der Waals surface area contributed by atoms with Crippen molar-refractivity contribution in [2.24, 2.45) is 13.0 Å². The first-order chi connectivity index (χ1) is 13.5. The summed E-state index contributed by atoms with van der Waals surface area (Å²) in [7, 11) is 3.73. The summed E-state index contributed by atoms with van der Waals surface area (Å²) >= 11 is 0. The highest BCUT2D eigenvalue weighted by molar-refractivity contribution is 5.99. The Labute approximate surface area is 163 Å². The zero-order chi connectivity index (χ0) is 19.8. The molecule has 1 amide bonds. The van der Waals surface area contributed by atoms with Crippen molar-refractivity contribution in [2.75, 3.05) is 17.7 Å². The summed E-state index contributed by atoms with van der Waals surface area (Å²) in [6.07, 6.45) is 5.37. The van der Waals surface area contributed by atoms with Crippen LogP contribution in [0.25, 0.3) is 10.8 Å². The van der Waals surface area contributed by atoms with Crippen LogP contribution in [0.4, 0.5) is 11.6 Å². The first kappa shape index (κ1) is 18.0. The Hall–Kier alpha value is -3.40. The number of anilines is 2. The van der Waals surface area contributed by atoms with Gasteiger partial charge in [0.15, 0.2) is 0 Å². The average molecular weight is 374 g/mol. The molecule has 0 aliphatic heterocycles. The number of nitrogens with zero attached hydrogens (tertiary/aromatic N) is 4. The summed E-state index contributed by atoms with van der Waals surface area (Å²) in [5.74, 6) is 7.88. The largest absolute Gasteiger partial charge is 0.373 e. The minimum Gasteiger partial charge on any atom is -0.373 e. The van der Waals surface area contributed by atoms with Gasteiger partial charge in [-0.3, -0.25) is 9.48 Å². The van der Waals surface area contributed by atoms with Gasteiger partial charge in [0.25, 0.3) is 0 Å². The Morgan fingerprint density at radius 3 is 2.61 bits per heavy atom. The van der Waals surface area contributed by atoms with Crippen LogP contribution in [0.3, 0.4) is 0 Å². The molecule has 7 heteroatoms. The third-order valence-electron chi connectivity index (χ3n) is 5.04. The van der Waals surface area contributed by atoms with Gasteiger partial charge >= 0.3 is 0 Å². The van der Waals surface area contributed by atoms with E-state index in [2.05, 4.69) is 37.5 Å². The van der Waals surface area contributed by atoms with Gasteiger partial charge in [-0.05, 0) is 32.8 Å². The van der Waals surface area contributed by atoms with E-state index >= 15 is 0 Å². The van der Waals surface area contributed by atoms with Crippen LogP contribution in [0.2, 0.25) is 0 Å². The van der Waals surface area contributed by atoms with Crippen LogP contribution in [-0.4, -0.2) is 32.7 Å². The molecule has 0 aromatic carbocycles. The van der Waals surface area contributed by atoms with E-state index in [1.807, 2.05) is 38.7 Å². The number of fused-ring (bicyclic) bond motifs is 1. The van der Waals surface area contributed by atoms with Crippen molar-refractivity contribution in [2.45, 2.75) is 26.7 Å². The summed E-state index contributed by atoms with van der Waals surface area (Å²) < 4.78 is 1.83. The van der Waals surface area contributed by atoms with Gasteiger partial charge < -0.3 is 10.6 Å². The van der Waals surface area contributed by atoms with Crippen molar-refractivity contribution in [1.82, 2.24) is 19.7 Å². The van der Waals surface area contributed by atoms with Crippen LogP contribution in [-0.2, 0) is 11.8 Å². The smallest absolute Gasteiger partial charge is 0.228 e. The Morgan fingerprint density at radius 2 is 1.96 bits per heavy atom. The fraction of sp³-hybridized carbons (Fsp3) is 0.333. The molecule has 28 heavy (non-hydrogen) atoms. The average Bonchev–Trinajstić information content (AvgIpc) is 3.49. The lowest BCUT2D eigenvalue weighted by molar-refractivity contribution is -0.117. The van der Waals surface area contributed by atoms with E-state index in [1.165, 1.54) is 0 Å². The third-order valence-corrected chi connectivity index (χ3v) is 5.04. The minimum atomic E-state index is 0.0315. The molecule has 0 radical (unpaired) electrons. The van der Waals surface area contributed by atoms with Crippen molar-refractivity contribution in [3.05, 3.63) is 41.0 Å². The van der Waals surface area contributed by atoms with Crippen LogP contribution in [0.1, 0.15) is 35.4 Å². The number of aryl methyl sites for hydroxylation is 2. The highest BCUT2D eigenvalue weighted by Gasteiger charge is 2.29. The van der Waals surface area contributed by atoms with Crippen LogP contribution in [0.15, 0.2) is 18.5 Å². The van der Waals surface area contributed by atoms with Gasteiger partial charge in [0.05, 0.1) is 22.5 Å². The molecule has 0 spiro atoms. The van der Waals surface area contributed by atoms with Crippen LogP contribution in [0.5, 0.6) is 0 Å². The number of rotatable bonds is 3. The molecular weight excluding hydrogens is 352 g/mol. The standard InChI is InChI=1S/C21H22N6O/c1-12-16(13(2)27(4)26-12)8-7-15-10-24-20(22-3)18-11-23-19(9-17(15)18)25-21(28)14-5-6-14/h9-11,14H,5-6H2,1-4H3,(H,22,24)(H,23,25,28). The Kier molecular flexibility index (Phi) is 4.47. The summed E-state index contributed by atoms with van der Waals surface area (Å²) in [6, 6.07) is 1.87. The molecule has 2 N–H and O–H groups in total. The first-order valence-corrected chi connectivity index (χ1v) is 9.27. The summed E-state index contributed by atoms with van der Waals surface area (Å²) in [6.45, 7) is 3.95. The molecule has 7 nitrogen and oxygen atoms in total. The molecule has 1 saturated carbocycles. The molecule has 0 saturated heterocycles. The minimum absolute atomic E-state index is 0.0315. The van der Waals surface area contributed by atoms with Crippen molar-refractivity contribution >= 4 is 28.3 Å². The lowest BCUT2D eigenvalue weighted by atomic mass is 10.1. The van der Waals surface area contributed by atoms with Crippen molar-refractivity contribution in [3.8, 4) is 11.8 Å². The number of carbonyl (C=O) groups excluding carboxylic acids is 1. The number of amides is 1. The highest BCUT2D eigenvalue weighted by Crippen LogP contribution is 2.31. The lowest BCUT2D eigenvalue weighted by Crippen LogP contribution is -2.14. The molecule has 1 fully saturated rings. The van der Waals surface area contributed by atoms with E-state index in [4.69, 9.17) is 0 Å². The van der Waals surface area contributed by atoms with Gasteiger partial charge in [0.1, 0.15) is 11.6 Å². The molecule has 0 atom stereocenters. The van der Waals surface area contributed by atoms with Gasteiger partial charge in [-0.25, -0.2) is 9.97 Å². The fourth-order valence-corrected chi connectivity index (χ4v) is 3.16. The van der Waals surface area contributed by atoms with E-state index in [0.717, 1.165) is 51.9 Å². The van der Waals surface area contributed by atoms with Gasteiger partial charge in [0.2, 0.25) is 5.91 Å². The molecule has 3 aromatic heterocycles. The van der Waals surface area contributed by atoms with Crippen molar-refractivity contribution in [3.63, 3.8) is 0 Å². The SMILES string of the molecule is CNc1ncc(C#Cc2c(C)nn(C)c2C)c2cc(NC(=O)C3CC3)ncc12. The van der Waals surface area contributed by atoms with E-state index in [-0.39, 0.29) is 11.8 Å². The Bertz CT molecular complexity index is 1150. The molecule has 0 bridgehead atoms. The number of pyridine rings is 2. The predicted molar refractivity (Wildman–Crippen MR) is 109 cm³/mol. The van der Waals surface area contributed by atoms with Gasteiger partial charge in [0, 0.05) is 43.2 Å². The maximum atomic E-state index is 12.1. The summed E-state index contributed by atoms with van der Waals surface area (Å²) in [4.78, 5) is 20.9. The monoisotopic (exact) mass is 374 g/mol. The third kappa shape index (κ3) is 3.29. The predicted octanol–water partition coefficient (Wildman–Crippen LogP) is 2.77.